The highest BCUT2D eigenvalue weighted by Gasteiger charge is 2.07. The molecule has 0 atom stereocenters. The van der Waals surface area contributed by atoms with E-state index in [9.17, 15) is 4.79 Å². The maximum atomic E-state index is 11.1. The molecule has 1 amide bonds. The van der Waals surface area contributed by atoms with Gasteiger partial charge < -0.3 is 15.5 Å². The number of amides is 1. The van der Waals surface area contributed by atoms with Gasteiger partial charge in [-0.3, -0.25) is 4.79 Å². The molecule has 0 aliphatic heterocycles. The first kappa shape index (κ1) is 14.7. The fraction of sp³-hybridized carbons (Fsp3) is 0.0667. The summed E-state index contributed by atoms with van der Waals surface area (Å²) < 4.78 is 1.86. The molecule has 5 nitrogen and oxygen atoms in total. The van der Waals surface area contributed by atoms with Crippen LogP contribution in [0.1, 0.15) is 16.1 Å². The number of primary amides is 1. The number of anilines is 1. The van der Waals surface area contributed by atoms with Crippen LogP contribution < -0.4 is 11.1 Å². The molecular formula is C15H12Cl2N4O. The number of aromatic nitrogens is 2. The van der Waals surface area contributed by atoms with Gasteiger partial charge in [0.15, 0.2) is 0 Å². The highest BCUT2D eigenvalue weighted by molar-refractivity contribution is 6.34. The van der Waals surface area contributed by atoms with E-state index in [0.29, 0.717) is 22.2 Å². The normalized spacial score (nSPS) is 10.8. The molecule has 3 rings (SSSR count). The zero-order valence-corrected chi connectivity index (χ0v) is 12.9. The van der Waals surface area contributed by atoms with E-state index in [1.54, 1.807) is 30.5 Å². The lowest BCUT2D eigenvalue weighted by Gasteiger charge is -2.06. The number of nitrogens with one attached hydrogen (secondary N) is 1. The first-order valence-electron chi connectivity index (χ1n) is 6.49. The zero-order chi connectivity index (χ0) is 15.7. The van der Waals surface area contributed by atoms with Crippen molar-refractivity contribution in [3.63, 3.8) is 0 Å². The fourth-order valence-corrected chi connectivity index (χ4v) is 2.56. The van der Waals surface area contributed by atoms with Gasteiger partial charge in [-0.25, -0.2) is 4.98 Å². The minimum atomic E-state index is -0.547. The van der Waals surface area contributed by atoms with Gasteiger partial charge in [0, 0.05) is 18.1 Å². The summed E-state index contributed by atoms with van der Waals surface area (Å²) in [4.78, 5) is 15.6. The van der Waals surface area contributed by atoms with E-state index in [-0.39, 0.29) is 0 Å². The van der Waals surface area contributed by atoms with Gasteiger partial charge in [-0.1, -0.05) is 23.2 Å². The van der Waals surface area contributed by atoms with Crippen molar-refractivity contribution in [2.24, 2.45) is 5.73 Å². The van der Waals surface area contributed by atoms with E-state index in [2.05, 4.69) is 10.3 Å². The standard InChI is InChI=1S/C15H12Cl2N4O/c16-9-1-4-14-20-11(8-21(14)7-9)6-19-10-2-3-12(15(18)22)13(17)5-10/h1-5,7-8,19H,6H2,(H2,18,22). The van der Waals surface area contributed by atoms with Crippen molar-refractivity contribution < 1.29 is 4.79 Å². The van der Waals surface area contributed by atoms with E-state index >= 15 is 0 Å². The number of hydrogen-bond acceptors (Lipinski definition) is 3. The number of fused-ring (bicyclic) bond motifs is 1. The van der Waals surface area contributed by atoms with E-state index in [1.165, 1.54) is 0 Å². The van der Waals surface area contributed by atoms with Crippen LogP contribution in [0.2, 0.25) is 10.0 Å². The number of pyridine rings is 1. The third-order valence-corrected chi connectivity index (χ3v) is 3.71. The third-order valence-electron chi connectivity index (χ3n) is 3.17. The lowest BCUT2D eigenvalue weighted by Crippen LogP contribution is -2.11. The minimum Gasteiger partial charge on any atom is -0.379 e. The molecule has 2 aromatic heterocycles. The Morgan fingerprint density at radius 1 is 1.23 bits per heavy atom. The lowest BCUT2D eigenvalue weighted by atomic mass is 10.2. The SMILES string of the molecule is NC(=O)c1ccc(NCc2cn3cc(Cl)ccc3n2)cc1Cl. The Morgan fingerprint density at radius 3 is 2.77 bits per heavy atom. The van der Waals surface area contributed by atoms with E-state index < -0.39 is 5.91 Å². The van der Waals surface area contributed by atoms with Crippen LogP contribution in [0.3, 0.4) is 0 Å². The van der Waals surface area contributed by atoms with Gasteiger partial charge in [0.2, 0.25) is 5.91 Å². The summed E-state index contributed by atoms with van der Waals surface area (Å²) in [5.41, 5.74) is 7.98. The zero-order valence-electron chi connectivity index (χ0n) is 11.4. The molecule has 7 heteroatoms. The quantitative estimate of drug-likeness (QED) is 0.768. The number of imidazole rings is 1. The molecule has 2 heterocycles. The number of hydrogen-bond donors (Lipinski definition) is 2. The van der Waals surface area contributed by atoms with Crippen LogP contribution >= 0.6 is 23.2 Å². The lowest BCUT2D eigenvalue weighted by molar-refractivity contribution is 0.100. The molecule has 0 unspecified atom stereocenters. The Balaban J connectivity index is 1.76. The van der Waals surface area contributed by atoms with Gasteiger partial charge in [0.1, 0.15) is 5.65 Å². The Bertz CT molecular complexity index is 860. The topological polar surface area (TPSA) is 72.4 Å². The summed E-state index contributed by atoms with van der Waals surface area (Å²) in [6, 6.07) is 8.65. The molecule has 0 fully saturated rings. The predicted octanol–water partition coefficient (Wildman–Crippen LogP) is 3.35. The molecule has 0 saturated heterocycles. The molecule has 0 radical (unpaired) electrons. The number of nitrogens with zero attached hydrogens (tertiary/aromatic N) is 2. The van der Waals surface area contributed by atoms with Crippen LogP contribution in [-0.2, 0) is 6.54 Å². The summed E-state index contributed by atoms with van der Waals surface area (Å²) in [5.74, 6) is -0.547. The van der Waals surface area contributed by atoms with Crippen molar-refractivity contribution in [3.8, 4) is 0 Å². The van der Waals surface area contributed by atoms with E-state index in [4.69, 9.17) is 28.9 Å². The Morgan fingerprint density at radius 2 is 2.05 bits per heavy atom. The largest absolute Gasteiger partial charge is 0.379 e. The van der Waals surface area contributed by atoms with Gasteiger partial charge in [-0.2, -0.15) is 0 Å². The maximum absolute atomic E-state index is 11.1. The number of carbonyl (C=O) groups is 1. The second-order valence-electron chi connectivity index (χ2n) is 4.76. The van der Waals surface area contributed by atoms with Crippen molar-refractivity contribution in [1.82, 2.24) is 9.38 Å². The van der Waals surface area contributed by atoms with Crippen LogP contribution in [0.15, 0.2) is 42.7 Å². The highest BCUT2D eigenvalue weighted by atomic mass is 35.5. The third kappa shape index (κ3) is 3.00. The van der Waals surface area contributed by atoms with Gasteiger partial charge in [0.05, 0.1) is 27.8 Å². The summed E-state index contributed by atoms with van der Waals surface area (Å²) in [5, 5.41) is 4.17. The first-order chi connectivity index (χ1) is 10.5. The molecule has 1 aromatic carbocycles. The number of halogens is 2. The minimum absolute atomic E-state index is 0.301. The van der Waals surface area contributed by atoms with Crippen LogP contribution in [0, 0.1) is 0 Å². The number of rotatable bonds is 4. The van der Waals surface area contributed by atoms with Crippen molar-refractivity contribution >= 4 is 40.4 Å². The molecule has 0 aliphatic carbocycles. The average molecular weight is 335 g/mol. The molecule has 0 saturated carbocycles. The monoisotopic (exact) mass is 334 g/mol. The molecule has 3 aromatic rings. The summed E-state index contributed by atoms with van der Waals surface area (Å²) in [7, 11) is 0. The van der Waals surface area contributed by atoms with Crippen LogP contribution in [-0.4, -0.2) is 15.3 Å². The Hall–Kier alpha value is -2.24. The maximum Gasteiger partial charge on any atom is 0.250 e. The second kappa shape index (κ2) is 5.87. The second-order valence-corrected chi connectivity index (χ2v) is 5.60. The predicted molar refractivity (Wildman–Crippen MR) is 87.5 cm³/mol. The summed E-state index contributed by atoms with van der Waals surface area (Å²) in [6.07, 6.45) is 3.69. The molecule has 112 valence electrons. The van der Waals surface area contributed by atoms with Crippen LogP contribution in [0.25, 0.3) is 5.65 Å². The first-order valence-corrected chi connectivity index (χ1v) is 7.25. The number of benzene rings is 1. The fourth-order valence-electron chi connectivity index (χ4n) is 2.12. The van der Waals surface area contributed by atoms with Gasteiger partial charge in [-0.15, -0.1) is 0 Å². The number of nitrogens with two attached hydrogens (primary N) is 1. The van der Waals surface area contributed by atoms with E-state index in [0.717, 1.165) is 17.0 Å². The highest BCUT2D eigenvalue weighted by Crippen LogP contribution is 2.21. The van der Waals surface area contributed by atoms with Crippen molar-refractivity contribution in [2.45, 2.75) is 6.54 Å². The molecule has 0 bridgehead atoms. The van der Waals surface area contributed by atoms with E-state index in [1.807, 2.05) is 16.7 Å². The van der Waals surface area contributed by atoms with Crippen molar-refractivity contribution in [1.29, 1.82) is 0 Å². The van der Waals surface area contributed by atoms with Gasteiger partial charge in [-0.05, 0) is 30.3 Å². The summed E-state index contributed by atoms with van der Waals surface area (Å²) in [6.45, 7) is 0.519. The average Bonchev–Trinajstić information content (AvgIpc) is 2.86. The van der Waals surface area contributed by atoms with Gasteiger partial charge in [0.25, 0.3) is 0 Å². The number of carbonyl (C=O) groups excluding carboxylic acids is 1. The molecule has 0 aliphatic rings. The molecular weight excluding hydrogens is 323 g/mol. The van der Waals surface area contributed by atoms with Gasteiger partial charge >= 0.3 is 0 Å². The van der Waals surface area contributed by atoms with Crippen molar-refractivity contribution in [2.75, 3.05) is 5.32 Å². The van der Waals surface area contributed by atoms with Crippen LogP contribution in [0.5, 0.6) is 0 Å². The molecule has 0 spiro atoms. The van der Waals surface area contributed by atoms with Crippen LogP contribution in [0.4, 0.5) is 5.69 Å². The Labute approximate surface area is 136 Å². The Kier molecular flexibility index (Phi) is 3.92. The van der Waals surface area contributed by atoms with Crippen molar-refractivity contribution in [3.05, 3.63) is 64.0 Å². The smallest absolute Gasteiger partial charge is 0.250 e. The molecule has 22 heavy (non-hydrogen) atoms. The summed E-state index contributed by atoms with van der Waals surface area (Å²) >= 11 is 12.0. The molecule has 3 N–H and O–H groups in total.